The zero-order valence-corrected chi connectivity index (χ0v) is 11.7. The fourth-order valence-corrected chi connectivity index (χ4v) is 2.73. The van der Waals surface area contributed by atoms with E-state index in [0.29, 0.717) is 6.54 Å². The van der Waals surface area contributed by atoms with Gasteiger partial charge in [0.15, 0.2) is 5.75 Å². The molecule has 1 aliphatic rings. The topological polar surface area (TPSA) is 92.6 Å². The standard InChI is InChI=1S/C14H21N3O3/c1-10-4-6-16(7-5-10)13(9-15)11-2-3-14(18)12(8-11)17(19)20/h2-3,8,10,13,18H,4-7,9,15H2,1H3. The Balaban J connectivity index is 2.23. The van der Waals surface area contributed by atoms with Gasteiger partial charge in [-0.05, 0) is 43.5 Å². The van der Waals surface area contributed by atoms with Gasteiger partial charge in [-0.15, -0.1) is 0 Å². The second-order valence-corrected chi connectivity index (χ2v) is 5.48. The second kappa shape index (κ2) is 6.19. The number of phenols is 1. The molecule has 1 aromatic carbocycles. The van der Waals surface area contributed by atoms with Crippen molar-refractivity contribution in [2.45, 2.75) is 25.8 Å². The van der Waals surface area contributed by atoms with Crippen LogP contribution in [0.2, 0.25) is 0 Å². The molecule has 1 heterocycles. The van der Waals surface area contributed by atoms with Gasteiger partial charge >= 0.3 is 5.69 Å². The minimum Gasteiger partial charge on any atom is -0.502 e. The molecule has 0 aliphatic carbocycles. The molecule has 1 atom stereocenters. The minimum atomic E-state index is -0.565. The van der Waals surface area contributed by atoms with Crippen molar-refractivity contribution in [3.8, 4) is 5.75 Å². The van der Waals surface area contributed by atoms with Gasteiger partial charge in [-0.1, -0.05) is 13.0 Å². The molecule has 1 saturated heterocycles. The Hall–Kier alpha value is -1.66. The van der Waals surface area contributed by atoms with Gasteiger partial charge < -0.3 is 10.8 Å². The van der Waals surface area contributed by atoms with Crippen LogP contribution in [0.5, 0.6) is 5.75 Å². The predicted molar refractivity (Wildman–Crippen MR) is 76.5 cm³/mol. The third kappa shape index (κ3) is 3.08. The van der Waals surface area contributed by atoms with E-state index < -0.39 is 4.92 Å². The molecule has 0 saturated carbocycles. The van der Waals surface area contributed by atoms with E-state index in [9.17, 15) is 15.2 Å². The van der Waals surface area contributed by atoms with Crippen LogP contribution in [0.4, 0.5) is 5.69 Å². The Morgan fingerprint density at radius 2 is 2.15 bits per heavy atom. The van der Waals surface area contributed by atoms with Gasteiger partial charge in [0.1, 0.15) is 0 Å². The lowest BCUT2D eigenvalue weighted by molar-refractivity contribution is -0.386. The first-order valence-electron chi connectivity index (χ1n) is 6.94. The average molecular weight is 279 g/mol. The van der Waals surface area contributed by atoms with E-state index in [-0.39, 0.29) is 17.5 Å². The summed E-state index contributed by atoms with van der Waals surface area (Å²) in [5, 5.41) is 20.4. The SMILES string of the molecule is CC1CCN(C(CN)c2ccc(O)c([N+](=O)[O-])c2)CC1. The maximum Gasteiger partial charge on any atom is 0.311 e. The van der Waals surface area contributed by atoms with Gasteiger partial charge in [0.05, 0.1) is 4.92 Å². The highest BCUT2D eigenvalue weighted by Crippen LogP contribution is 2.32. The highest BCUT2D eigenvalue weighted by Gasteiger charge is 2.25. The predicted octanol–water partition coefficient (Wildman–Crippen LogP) is 2.03. The minimum absolute atomic E-state index is 0.0261. The Kier molecular flexibility index (Phi) is 4.57. The van der Waals surface area contributed by atoms with Crippen LogP contribution in [-0.4, -0.2) is 34.6 Å². The number of piperidine rings is 1. The number of nitro groups is 1. The summed E-state index contributed by atoms with van der Waals surface area (Å²) in [6.45, 7) is 4.56. The summed E-state index contributed by atoms with van der Waals surface area (Å²) in [6.07, 6.45) is 2.24. The number of rotatable bonds is 4. The third-order valence-corrected chi connectivity index (χ3v) is 4.06. The average Bonchev–Trinajstić information content (AvgIpc) is 2.43. The molecular formula is C14H21N3O3. The molecule has 1 fully saturated rings. The highest BCUT2D eigenvalue weighted by molar-refractivity contribution is 5.48. The van der Waals surface area contributed by atoms with Crippen molar-refractivity contribution in [2.75, 3.05) is 19.6 Å². The zero-order valence-electron chi connectivity index (χ0n) is 11.7. The maximum absolute atomic E-state index is 10.9. The van der Waals surface area contributed by atoms with Crippen LogP contribution in [0, 0.1) is 16.0 Å². The van der Waals surface area contributed by atoms with Crippen molar-refractivity contribution in [3.05, 3.63) is 33.9 Å². The van der Waals surface area contributed by atoms with Crippen molar-refractivity contribution in [2.24, 2.45) is 11.7 Å². The molecule has 2 rings (SSSR count). The Bertz CT molecular complexity index is 485. The summed E-state index contributed by atoms with van der Waals surface area (Å²) < 4.78 is 0. The van der Waals surface area contributed by atoms with E-state index in [0.717, 1.165) is 37.4 Å². The van der Waals surface area contributed by atoms with E-state index in [2.05, 4.69) is 11.8 Å². The molecule has 110 valence electrons. The number of benzene rings is 1. The summed E-state index contributed by atoms with van der Waals surface area (Å²) in [5.74, 6) is 0.417. The lowest BCUT2D eigenvalue weighted by atomic mass is 9.95. The molecule has 0 amide bonds. The van der Waals surface area contributed by atoms with E-state index in [1.165, 1.54) is 12.1 Å². The van der Waals surface area contributed by atoms with Crippen LogP contribution in [-0.2, 0) is 0 Å². The van der Waals surface area contributed by atoms with Crippen LogP contribution in [0.15, 0.2) is 18.2 Å². The molecule has 0 bridgehead atoms. The number of nitrogens with zero attached hydrogens (tertiary/aromatic N) is 2. The van der Waals surface area contributed by atoms with Crippen LogP contribution in [0.3, 0.4) is 0 Å². The Labute approximate surface area is 118 Å². The van der Waals surface area contributed by atoms with E-state index >= 15 is 0 Å². The van der Waals surface area contributed by atoms with Crippen molar-refractivity contribution >= 4 is 5.69 Å². The van der Waals surface area contributed by atoms with Gasteiger partial charge in [-0.25, -0.2) is 0 Å². The monoisotopic (exact) mass is 279 g/mol. The molecule has 1 aromatic rings. The largest absolute Gasteiger partial charge is 0.502 e. The third-order valence-electron chi connectivity index (χ3n) is 4.06. The quantitative estimate of drug-likeness (QED) is 0.650. The number of hydrogen-bond acceptors (Lipinski definition) is 5. The number of phenolic OH excluding ortho intramolecular Hbond substituents is 1. The smallest absolute Gasteiger partial charge is 0.311 e. The first kappa shape index (κ1) is 14.7. The summed E-state index contributed by atoms with van der Waals surface area (Å²) in [4.78, 5) is 12.6. The van der Waals surface area contributed by atoms with Crippen LogP contribution in [0.1, 0.15) is 31.4 Å². The summed E-state index contributed by atoms with van der Waals surface area (Å²) in [6, 6.07) is 4.51. The summed E-state index contributed by atoms with van der Waals surface area (Å²) >= 11 is 0. The normalized spacial score (nSPS) is 18.9. The lowest BCUT2D eigenvalue weighted by Crippen LogP contribution is -2.39. The van der Waals surface area contributed by atoms with Crippen molar-refractivity contribution in [1.82, 2.24) is 4.90 Å². The van der Waals surface area contributed by atoms with E-state index in [1.54, 1.807) is 6.07 Å². The van der Waals surface area contributed by atoms with Crippen LogP contribution < -0.4 is 5.73 Å². The van der Waals surface area contributed by atoms with Crippen molar-refractivity contribution < 1.29 is 10.0 Å². The molecule has 20 heavy (non-hydrogen) atoms. The number of hydrogen-bond donors (Lipinski definition) is 2. The van der Waals surface area contributed by atoms with E-state index in [4.69, 9.17) is 5.73 Å². The molecule has 6 heteroatoms. The molecule has 1 aliphatic heterocycles. The van der Waals surface area contributed by atoms with Gasteiger partial charge in [-0.3, -0.25) is 15.0 Å². The van der Waals surface area contributed by atoms with E-state index in [1.807, 2.05) is 0 Å². The molecule has 0 spiro atoms. The number of likely N-dealkylation sites (tertiary alicyclic amines) is 1. The fourth-order valence-electron chi connectivity index (χ4n) is 2.73. The number of nitrogens with two attached hydrogens (primary N) is 1. The van der Waals surface area contributed by atoms with Gasteiger partial charge in [-0.2, -0.15) is 0 Å². The molecule has 1 unspecified atom stereocenters. The van der Waals surface area contributed by atoms with Gasteiger partial charge in [0, 0.05) is 18.7 Å². The van der Waals surface area contributed by atoms with Crippen molar-refractivity contribution in [3.63, 3.8) is 0 Å². The molecule has 0 aromatic heterocycles. The fraction of sp³-hybridized carbons (Fsp3) is 0.571. The van der Waals surface area contributed by atoms with Gasteiger partial charge in [0.2, 0.25) is 0 Å². The number of aromatic hydroxyl groups is 1. The maximum atomic E-state index is 10.9. The Morgan fingerprint density at radius 1 is 1.50 bits per heavy atom. The summed E-state index contributed by atoms with van der Waals surface area (Å²) in [7, 11) is 0. The Morgan fingerprint density at radius 3 is 2.70 bits per heavy atom. The number of nitro benzene ring substituents is 1. The van der Waals surface area contributed by atoms with Crippen LogP contribution >= 0.6 is 0 Å². The first-order valence-corrected chi connectivity index (χ1v) is 6.94. The molecule has 0 radical (unpaired) electrons. The molecule has 3 N–H and O–H groups in total. The highest BCUT2D eigenvalue weighted by atomic mass is 16.6. The summed E-state index contributed by atoms with van der Waals surface area (Å²) in [5.41, 5.74) is 6.40. The van der Waals surface area contributed by atoms with Crippen molar-refractivity contribution in [1.29, 1.82) is 0 Å². The molecule has 6 nitrogen and oxygen atoms in total. The lowest BCUT2D eigenvalue weighted by Gasteiger charge is -2.36. The molecular weight excluding hydrogens is 258 g/mol. The van der Waals surface area contributed by atoms with Gasteiger partial charge in [0.25, 0.3) is 0 Å². The zero-order chi connectivity index (χ0) is 14.7. The van der Waals surface area contributed by atoms with Crippen LogP contribution in [0.25, 0.3) is 0 Å². The second-order valence-electron chi connectivity index (χ2n) is 5.48. The first-order chi connectivity index (χ1) is 9.52.